The topological polar surface area (TPSA) is 55.8 Å². The SMILES string of the molecule is CC[C@@H]1[C@H]2CCCCN3C([C@H]4C[C@H](C)C(=O)O4)C[C@H](C4[C@H](C)C(=O)O[C@H]41)[C@@H]23. The molecule has 5 aliphatic rings. The zero-order chi connectivity index (χ0) is 18.9. The molecule has 10 atom stereocenters. The summed E-state index contributed by atoms with van der Waals surface area (Å²) in [4.78, 5) is 27.3. The largest absolute Gasteiger partial charge is 0.462 e. The number of rotatable bonds is 2. The van der Waals surface area contributed by atoms with Crippen LogP contribution in [-0.4, -0.2) is 47.7 Å². The highest BCUT2D eigenvalue weighted by molar-refractivity contribution is 5.75. The Morgan fingerprint density at radius 3 is 2.56 bits per heavy atom. The average molecular weight is 376 g/mol. The van der Waals surface area contributed by atoms with Gasteiger partial charge in [0, 0.05) is 23.9 Å². The zero-order valence-corrected chi connectivity index (χ0v) is 16.8. The Bertz CT molecular complexity index is 636. The van der Waals surface area contributed by atoms with Crippen molar-refractivity contribution in [2.45, 2.75) is 83.6 Å². The molecular formula is C22H33NO4. The summed E-state index contributed by atoms with van der Waals surface area (Å²) in [5, 5.41) is 0. The molecule has 0 N–H and O–H groups in total. The van der Waals surface area contributed by atoms with Crippen LogP contribution in [0.15, 0.2) is 0 Å². The summed E-state index contributed by atoms with van der Waals surface area (Å²) in [5.41, 5.74) is 0. The summed E-state index contributed by atoms with van der Waals surface area (Å²) in [6.07, 6.45) is 6.87. The van der Waals surface area contributed by atoms with Crippen molar-refractivity contribution in [2.75, 3.05) is 6.54 Å². The zero-order valence-electron chi connectivity index (χ0n) is 16.8. The van der Waals surface area contributed by atoms with E-state index >= 15 is 0 Å². The molecule has 0 bridgehead atoms. The van der Waals surface area contributed by atoms with E-state index in [1.165, 1.54) is 19.3 Å². The molecule has 4 heterocycles. The van der Waals surface area contributed by atoms with E-state index in [1.54, 1.807) is 0 Å². The summed E-state index contributed by atoms with van der Waals surface area (Å²) in [7, 11) is 0. The Morgan fingerprint density at radius 2 is 1.85 bits per heavy atom. The van der Waals surface area contributed by atoms with Crippen LogP contribution in [0.1, 0.15) is 59.3 Å². The number of fused-ring (bicyclic) bond motifs is 2. The normalized spacial score (nSPS) is 52.1. The van der Waals surface area contributed by atoms with Gasteiger partial charge in [0.25, 0.3) is 0 Å². The molecule has 4 saturated heterocycles. The molecule has 0 aromatic rings. The van der Waals surface area contributed by atoms with Gasteiger partial charge >= 0.3 is 11.9 Å². The first-order valence-electron chi connectivity index (χ1n) is 11.2. The van der Waals surface area contributed by atoms with Crippen molar-refractivity contribution in [3.05, 3.63) is 0 Å². The van der Waals surface area contributed by atoms with Crippen LogP contribution in [-0.2, 0) is 19.1 Å². The van der Waals surface area contributed by atoms with Gasteiger partial charge in [0.1, 0.15) is 12.2 Å². The number of ether oxygens (including phenoxy) is 2. The molecule has 5 nitrogen and oxygen atoms in total. The second-order valence-corrected chi connectivity index (χ2v) is 9.81. The fraction of sp³-hybridized carbons (Fsp3) is 0.909. The third-order valence-corrected chi connectivity index (χ3v) is 8.61. The van der Waals surface area contributed by atoms with Crippen molar-refractivity contribution in [1.29, 1.82) is 0 Å². The van der Waals surface area contributed by atoms with E-state index in [-0.39, 0.29) is 36.0 Å². The third kappa shape index (κ3) is 2.53. The number of carbonyl (C=O) groups excluding carboxylic acids is 2. The van der Waals surface area contributed by atoms with E-state index in [0.717, 1.165) is 25.8 Å². The maximum Gasteiger partial charge on any atom is 0.309 e. The molecule has 5 heteroatoms. The number of esters is 2. The van der Waals surface area contributed by atoms with Crippen LogP contribution in [0, 0.1) is 35.5 Å². The number of carbonyl (C=O) groups is 2. The van der Waals surface area contributed by atoms with Gasteiger partial charge in [-0.2, -0.15) is 0 Å². The first kappa shape index (κ1) is 18.0. The van der Waals surface area contributed by atoms with Crippen LogP contribution in [0.2, 0.25) is 0 Å². The molecule has 1 aliphatic carbocycles. The summed E-state index contributed by atoms with van der Waals surface area (Å²) in [6.45, 7) is 7.44. The molecule has 5 fully saturated rings. The minimum absolute atomic E-state index is 0.00362. The lowest BCUT2D eigenvalue weighted by Crippen LogP contribution is -2.54. The highest BCUT2D eigenvalue weighted by Gasteiger charge is 2.63. The molecular weight excluding hydrogens is 342 g/mol. The molecule has 27 heavy (non-hydrogen) atoms. The summed E-state index contributed by atoms with van der Waals surface area (Å²) in [6, 6.07) is 0.865. The van der Waals surface area contributed by atoms with Gasteiger partial charge in [-0.15, -0.1) is 0 Å². The molecule has 2 unspecified atom stereocenters. The summed E-state index contributed by atoms with van der Waals surface area (Å²) in [5.74, 6) is 1.94. The Labute approximate surface area is 162 Å². The van der Waals surface area contributed by atoms with Crippen LogP contribution in [0.25, 0.3) is 0 Å². The van der Waals surface area contributed by atoms with Crippen molar-refractivity contribution >= 4 is 11.9 Å². The third-order valence-electron chi connectivity index (χ3n) is 8.61. The van der Waals surface area contributed by atoms with Gasteiger partial charge in [0.05, 0.1) is 11.8 Å². The quantitative estimate of drug-likeness (QED) is 0.695. The highest BCUT2D eigenvalue weighted by Crippen LogP contribution is 2.57. The van der Waals surface area contributed by atoms with Crippen LogP contribution >= 0.6 is 0 Å². The molecule has 0 aromatic heterocycles. The van der Waals surface area contributed by atoms with Crippen molar-refractivity contribution in [3.63, 3.8) is 0 Å². The fourth-order valence-electron chi connectivity index (χ4n) is 7.48. The van der Waals surface area contributed by atoms with Crippen LogP contribution in [0.5, 0.6) is 0 Å². The van der Waals surface area contributed by atoms with Gasteiger partial charge in [-0.05, 0) is 50.5 Å². The molecule has 150 valence electrons. The average Bonchev–Trinajstić information content (AvgIpc) is 3.20. The fourth-order valence-corrected chi connectivity index (χ4v) is 7.48. The minimum atomic E-state index is -0.0294. The van der Waals surface area contributed by atoms with E-state index in [2.05, 4.69) is 18.7 Å². The maximum absolute atomic E-state index is 12.5. The predicted octanol–water partition coefficient (Wildman–Crippen LogP) is 3.01. The summed E-state index contributed by atoms with van der Waals surface area (Å²) >= 11 is 0. The van der Waals surface area contributed by atoms with E-state index in [4.69, 9.17) is 9.47 Å². The lowest BCUT2D eigenvalue weighted by molar-refractivity contribution is -0.148. The number of nitrogens with zero attached hydrogens (tertiary/aromatic N) is 1. The molecule has 5 rings (SSSR count). The smallest absolute Gasteiger partial charge is 0.309 e. The molecule has 0 aromatic carbocycles. The number of hydrogen-bond donors (Lipinski definition) is 0. The van der Waals surface area contributed by atoms with Crippen molar-refractivity contribution in [2.24, 2.45) is 35.5 Å². The van der Waals surface area contributed by atoms with E-state index in [9.17, 15) is 9.59 Å². The molecule has 0 radical (unpaired) electrons. The molecule has 1 saturated carbocycles. The van der Waals surface area contributed by atoms with Gasteiger partial charge in [-0.3, -0.25) is 14.5 Å². The highest BCUT2D eigenvalue weighted by atomic mass is 16.6. The monoisotopic (exact) mass is 375 g/mol. The van der Waals surface area contributed by atoms with Gasteiger partial charge in [-0.25, -0.2) is 0 Å². The molecule has 4 aliphatic heterocycles. The lowest BCUT2D eigenvalue weighted by Gasteiger charge is -2.48. The maximum atomic E-state index is 12.5. The Balaban J connectivity index is 1.51. The van der Waals surface area contributed by atoms with Gasteiger partial charge < -0.3 is 9.47 Å². The van der Waals surface area contributed by atoms with E-state index in [0.29, 0.717) is 35.8 Å². The second-order valence-electron chi connectivity index (χ2n) is 9.81. The first-order valence-corrected chi connectivity index (χ1v) is 11.2. The van der Waals surface area contributed by atoms with Crippen LogP contribution in [0.4, 0.5) is 0 Å². The Hall–Kier alpha value is -1.10. The van der Waals surface area contributed by atoms with Crippen molar-refractivity contribution in [3.8, 4) is 0 Å². The minimum Gasteiger partial charge on any atom is -0.462 e. The lowest BCUT2D eigenvalue weighted by atomic mass is 9.60. The standard InChI is InChI=1S/C22H33NO4/c1-4-13-14-7-5-6-8-23-16(17-9-11(2)21(24)26-17)10-15(19(14)23)18-12(3)22(25)27-20(13)18/h11-20H,4-10H2,1-3H3/t11-,12-,13+,14+,15+,16?,17+,18?,19+,20-/m0/s1. The number of cyclic esters (lactones) is 1. The van der Waals surface area contributed by atoms with Crippen molar-refractivity contribution < 1.29 is 19.1 Å². The Kier molecular flexibility index (Phi) is 4.30. The van der Waals surface area contributed by atoms with Gasteiger partial charge in [0.2, 0.25) is 0 Å². The van der Waals surface area contributed by atoms with E-state index in [1.807, 2.05) is 6.92 Å². The molecule has 0 spiro atoms. The molecule has 0 amide bonds. The van der Waals surface area contributed by atoms with Crippen molar-refractivity contribution in [1.82, 2.24) is 4.90 Å². The van der Waals surface area contributed by atoms with Gasteiger partial charge in [0.15, 0.2) is 0 Å². The van der Waals surface area contributed by atoms with Crippen LogP contribution in [0.3, 0.4) is 0 Å². The summed E-state index contributed by atoms with van der Waals surface area (Å²) < 4.78 is 11.8. The predicted molar refractivity (Wildman–Crippen MR) is 99.7 cm³/mol. The van der Waals surface area contributed by atoms with Gasteiger partial charge in [-0.1, -0.05) is 27.2 Å². The Morgan fingerprint density at radius 1 is 1.04 bits per heavy atom. The number of hydrogen-bond acceptors (Lipinski definition) is 5. The second kappa shape index (κ2) is 6.47. The van der Waals surface area contributed by atoms with Crippen LogP contribution < -0.4 is 0 Å². The van der Waals surface area contributed by atoms with E-state index < -0.39 is 0 Å². The first-order chi connectivity index (χ1) is 13.0.